The second-order valence-corrected chi connectivity index (χ2v) is 9.74. The fourth-order valence-corrected chi connectivity index (χ4v) is 4.32. The van der Waals surface area contributed by atoms with Crippen molar-refractivity contribution in [2.75, 3.05) is 26.2 Å². The van der Waals surface area contributed by atoms with Crippen molar-refractivity contribution in [2.45, 2.75) is 39.2 Å². The maximum absolute atomic E-state index is 13.0. The quantitative estimate of drug-likeness (QED) is 0.647. The predicted octanol–water partition coefficient (Wildman–Crippen LogP) is 3.30. The van der Waals surface area contributed by atoms with Crippen molar-refractivity contribution in [2.24, 2.45) is 5.92 Å². The molecule has 0 saturated carbocycles. The lowest BCUT2D eigenvalue weighted by atomic mass is 9.97. The highest BCUT2D eigenvalue weighted by Crippen LogP contribution is 2.27. The fraction of sp³-hybridized carbons (Fsp3) is 0.478. The summed E-state index contributed by atoms with van der Waals surface area (Å²) < 4.78 is 5.16. The molecule has 2 N–H and O–H groups in total. The first-order valence-electron chi connectivity index (χ1n) is 10.8. The maximum Gasteiger partial charge on any atom is 0.407 e. The van der Waals surface area contributed by atoms with Crippen molar-refractivity contribution in [3.05, 3.63) is 41.4 Å². The van der Waals surface area contributed by atoms with E-state index < -0.39 is 11.7 Å². The van der Waals surface area contributed by atoms with Crippen molar-refractivity contribution < 1.29 is 19.1 Å². The van der Waals surface area contributed by atoms with Gasteiger partial charge in [-0.2, -0.15) is 0 Å². The van der Waals surface area contributed by atoms with Crippen LogP contribution in [0.4, 0.5) is 4.79 Å². The molecule has 1 unspecified atom stereocenters. The zero-order valence-corrected chi connectivity index (χ0v) is 19.5. The zero-order chi connectivity index (χ0) is 23.1. The average molecular weight is 459 g/mol. The third-order valence-electron chi connectivity index (χ3n) is 4.91. The van der Waals surface area contributed by atoms with E-state index in [1.165, 1.54) is 11.3 Å². The molecule has 1 atom stereocenters. The molecule has 0 radical (unpaired) electrons. The second kappa shape index (κ2) is 10.6. The first kappa shape index (κ1) is 23.7. The molecule has 1 aromatic carbocycles. The average Bonchev–Trinajstić information content (AvgIpc) is 3.26. The van der Waals surface area contributed by atoms with E-state index in [-0.39, 0.29) is 24.3 Å². The Hall–Kier alpha value is -2.94. The van der Waals surface area contributed by atoms with Gasteiger partial charge in [0.15, 0.2) is 0 Å². The number of benzene rings is 1. The van der Waals surface area contributed by atoms with Crippen LogP contribution in [0.2, 0.25) is 0 Å². The smallest absolute Gasteiger partial charge is 0.407 e. The third kappa shape index (κ3) is 6.78. The summed E-state index contributed by atoms with van der Waals surface area (Å²) in [5.41, 5.74) is 0.415. The van der Waals surface area contributed by atoms with Crippen LogP contribution in [0, 0.1) is 5.92 Å². The Morgan fingerprint density at radius 2 is 1.88 bits per heavy atom. The molecule has 1 fully saturated rings. The molecule has 8 nitrogen and oxygen atoms in total. The molecule has 172 valence electrons. The highest BCUT2D eigenvalue weighted by Gasteiger charge is 2.29. The molecular weight excluding hydrogens is 428 g/mol. The highest BCUT2D eigenvalue weighted by molar-refractivity contribution is 7.16. The molecule has 9 heteroatoms. The first-order chi connectivity index (χ1) is 15.2. The number of alkyl carbamates (subject to hydrolysis) is 1. The van der Waals surface area contributed by atoms with Crippen LogP contribution in [0.3, 0.4) is 0 Å². The van der Waals surface area contributed by atoms with Gasteiger partial charge < -0.3 is 20.3 Å². The molecule has 1 aliphatic rings. The number of nitrogens with one attached hydrogen (secondary N) is 2. The number of hydrogen-bond acceptors (Lipinski definition) is 6. The van der Waals surface area contributed by atoms with E-state index in [4.69, 9.17) is 4.74 Å². The van der Waals surface area contributed by atoms with Crippen LogP contribution >= 0.6 is 11.3 Å². The Balaban J connectivity index is 1.47. The van der Waals surface area contributed by atoms with Crippen molar-refractivity contribution in [1.82, 2.24) is 20.5 Å². The van der Waals surface area contributed by atoms with Crippen molar-refractivity contribution >= 4 is 29.2 Å². The standard InChI is InChI=1S/C23H30N4O4S/c1-23(2,3)31-22(30)25-12-11-24-19(28)17-10-7-13-27(15-17)21(29)18-14-26-20(32-18)16-8-5-4-6-9-16/h4-6,8-9,14,17H,7,10-13,15H2,1-3H3,(H,24,28)(H,25,30). The summed E-state index contributed by atoms with van der Waals surface area (Å²) in [7, 11) is 0. The number of carbonyl (C=O) groups is 3. The molecule has 1 aromatic heterocycles. The predicted molar refractivity (Wildman–Crippen MR) is 123 cm³/mol. The van der Waals surface area contributed by atoms with E-state index in [2.05, 4.69) is 15.6 Å². The number of rotatable bonds is 6. The van der Waals surface area contributed by atoms with E-state index >= 15 is 0 Å². The topological polar surface area (TPSA) is 101 Å². The van der Waals surface area contributed by atoms with Crippen LogP contribution in [-0.4, -0.2) is 59.6 Å². The first-order valence-corrected chi connectivity index (χ1v) is 11.6. The molecule has 1 saturated heterocycles. The van der Waals surface area contributed by atoms with Crippen LogP contribution in [0.5, 0.6) is 0 Å². The van der Waals surface area contributed by atoms with Crippen molar-refractivity contribution in [3.63, 3.8) is 0 Å². The Kier molecular flexibility index (Phi) is 7.84. The fourth-order valence-electron chi connectivity index (χ4n) is 3.43. The van der Waals surface area contributed by atoms with E-state index in [0.717, 1.165) is 23.4 Å². The van der Waals surface area contributed by atoms with Gasteiger partial charge in [-0.05, 0) is 33.6 Å². The highest BCUT2D eigenvalue weighted by atomic mass is 32.1. The van der Waals surface area contributed by atoms with E-state index in [0.29, 0.717) is 24.5 Å². The van der Waals surface area contributed by atoms with E-state index in [9.17, 15) is 14.4 Å². The Morgan fingerprint density at radius 3 is 2.59 bits per heavy atom. The molecule has 2 heterocycles. The number of carbonyl (C=O) groups excluding carboxylic acids is 3. The van der Waals surface area contributed by atoms with Gasteiger partial charge in [0.2, 0.25) is 5.91 Å². The number of likely N-dealkylation sites (tertiary alicyclic amines) is 1. The van der Waals surface area contributed by atoms with Gasteiger partial charge in [0.05, 0.1) is 12.1 Å². The SMILES string of the molecule is CC(C)(C)OC(=O)NCCNC(=O)C1CCCN(C(=O)c2cnc(-c3ccccc3)s2)C1. The summed E-state index contributed by atoms with van der Waals surface area (Å²) in [5, 5.41) is 6.26. The molecule has 3 amide bonds. The van der Waals surface area contributed by atoms with Gasteiger partial charge in [0, 0.05) is 31.7 Å². The molecule has 0 bridgehead atoms. The lowest BCUT2D eigenvalue weighted by molar-refractivity contribution is -0.126. The summed E-state index contributed by atoms with van der Waals surface area (Å²) in [6, 6.07) is 9.75. The van der Waals surface area contributed by atoms with Gasteiger partial charge in [-0.1, -0.05) is 30.3 Å². The van der Waals surface area contributed by atoms with E-state index in [1.807, 2.05) is 30.3 Å². The maximum atomic E-state index is 13.0. The summed E-state index contributed by atoms with van der Waals surface area (Å²) in [6.45, 7) is 6.96. The summed E-state index contributed by atoms with van der Waals surface area (Å²) in [4.78, 5) is 43.9. The Morgan fingerprint density at radius 1 is 1.16 bits per heavy atom. The van der Waals surface area contributed by atoms with Crippen LogP contribution < -0.4 is 10.6 Å². The third-order valence-corrected chi connectivity index (χ3v) is 5.94. The Bertz CT molecular complexity index is 939. The molecule has 3 rings (SSSR count). The van der Waals surface area contributed by atoms with Crippen molar-refractivity contribution in [1.29, 1.82) is 0 Å². The van der Waals surface area contributed by atoms with Gasteiger partial charge >= 0.3 is 6.09 Å². The van der Waals surface area contributed by atoms with E-state index in [1.54, 1.807) is 31.9 Å². The lowest BCUT2D eigenvalue weighted by Gasteiger charge is -2.31. The lowest BCUT2D eigenvalue weighted by Crippen LogP contribution is -2.46. The summed E-state index contributed by atoms with van der Waals surface area (Å²) >= 11 is 1.37. The molecule has 32 heavy (non-hydrogen) atoms. The van der Waals surface area contributed by atoms with Gasteiger partial charge in [0.1, 0.15) is 15.5 Å². The number of amides is 3. The minimum atomic E-state index is -0.564. The second-order valence-electron chi connectivity index (χ2n) is 8.71. The summed E-state index contributed by atoms with van der Waals surface area (Å²) in [6.07, 6.45) is 2.60. The van der Waals surface area contributed by atoms with Gasteiger partial charge in [0.25, 0.3) is 5.91 Å². The zero-order valence-electron chi connectivity index (χ0n) is 18.7. The molecule has 1 aliphatic heterocycles. The number of nitrogens with zero attached hydrogens (tertiary/aromatic N) is 2. The Labute approximate surface area is 192 Å². The largest absolute Gasteiger partial charge is 0.444 e. The number of piperidine rings is 1. The number of thiazole rings is 1. The molecule has 0 spiro atoms. The van der Waals surface area contributed by atoms with Crippen LogP contribution in [0.25, 0.3) is 10.6 Å². The van der Waals surface area contributed by atoms with Crippen LogP contribution in [0.1, 0.15) is 43.3 Å². The minimum Gasteiger partial charge on any atom is -0.444 e. The van der Waals surface area contributed by atoms with Gasteiger partial charge in [-0.15, -0.1) is 11.3 Å². The molecule has 2 aromatic rings. The monoisotopic (exact) mass is 458 g/mol. The molecular formula is C23H30N4O4S. The summed E-state index contributed by atoms with van der Waals surface area (Å²) in [5.74, 6) is -0.465. The van der Waals surface area contributed by atoms with Crippen LogP contribution in [0.15, 0.2) is 36.5 Å². The number of ether oxygens (including phenoxy) is 1. The van der Waals surface area contributed by atoms with Gasteiger partial charge in [-0.25, -0.2) is 9.78 Å². The number of aromatic nitrogens is 1. The van der Waals surface area contributed by atoms with Crippen molar-refractivity contribution in [3.8, 4) is 10.6 Å². The minimum absolute atomic E-state index is 0.0891. The van der Waals surface area contributed by atoms with Gasteiger partial charge in [-0.3, -0.25) is 9.59 Å². The van der Waals surface area contributed by atoms with Crippen LogP contribution in [-0.2, 0) is 9.53 Å². The normalized spacial score (nSPS) is 16.3. The number of hydrogen-bond donors (Lipinski definition) is 2. The molecule has 0 aliphatic carbocycles.